The third-order valence-electron chi connectivity index (χ3n) is 4.87. The molecule has 2 saturated carbocycles. The lowest BCUT2D eigenvalue weighted by molar-refractivity contribution is -0.123. The maximum absolute atomic E-state index is 12.7. The van der Waals surface area contributed by atoms with E-state index in [-0.39, 0.29) is 45.1 Å². The van der Waals surface area contributed by atoms with E-state index >= 15 is 0 Å². The van der Waals surface area contributed by atoms with Crippen LogP contribution in [0.4, 0.5) is 5.82 Å². The second-order valence-corrected chi connectivity index (χ2v) is 7.82. The van der Waals surface area contributed by atoms with Crippen molar-refractivity contribution in [3.63, 3.8) is 0 Å². The highest BCUT2D eigenvalue weighted by atomic mass is 79.9. The zero-order chi connectivity index (χ0) is 14.0. The Balaban J connectivity index is 1.75. The van der Waals surface area contributed by atoms with Crippen molar-refractivity contribution in [3.05, 3.63) is 24.4 Å². The number of fused-ring (bicyclic) bond motifs is 5. The Morgan fingerprint density at radius 3 is 2.15 bits per heavy atom. The molecule has 2 bridgehead atoms. The maximum Gasteiger partial charge on any atom is 0.239 e. The van der Waals surface area contributed by atoms with Gasteiger partial charge in [0.1, 0.15) is 5.82 Å². The van der Waals surface area contributed by atoms with Gasteiger partial charge >= 0.3 is 0 Å². The van der Waals surface area contributed by atoms with E-state index in [2.05, 4.69) is 36.8 Å². The van der Waals surface area contributed by atoms with E-state index in [0.29, 0.717) is 5.82 Å². The summed E-state index contributed by atoms with van der Waals surface area (Å²) >= 11 is 7.35. The Hall–Kier alpha value is -0.750. The molecule has 0 unspecified atom stereocenters. The summed E-state index contributed by atoms with van der Waals surface area (Å²) in [7, 11) is 0. The van der Waals surface area contributed by atoms with Gasteiger partial charge in [-0.15, -0.1) is 0 Å². The summed E-state index contributed by atoms with van der Waals surface area (Å²) in [6.45, 7) is 0. The van der Waals surface area contributed by atoms with E-state index in [1.54, 1.807) is 24.4 Å². The molecule has 1 saturated heterocycles. The molecule has 1 aliphatic heterocycles. The first-order chi connectivity index (χ1) is 9.61. The Morgan fingerprint density at radius 2 is 1.65 bits per heavy atom. The number of imide groups is 1. The fourth-order valence-electron chi connectivity index (χ4n) is 4.06. The average Bonchev–Trinajstić information content (AvgIpc) is 3.05. The van der Waals surface area contributed by atoms with Gasteiger partial charge in [0.2, 0.25) is 11.8 Å². The van der Waals surface area contributed by atoms with Crippen LogP contribution >= 0.6 is 31.9 Å². The van der Waals surface area contributed by atoms with E-state index in [1.165, 1.54) is 4.90 Å². The predicted molar refractivity (Wildman–Crippen MR) is 80.7 cm³/mol. The van der Waals surface area contributed by atoms with Gasteiger partial charge in [0.25, 0.3) is 0 Å². The number of nitrogens with zero attached hydrogens (tertiary/aromatic N) is 2. The lowest BCUT2D eigenvalue weighted by Gasteiger charge is -2.28. The SMILES string of the molecule is O=C1[C@@H]2[C@H]3C[C@@H]([C@H](Br)[C@H]3Br)[C@@H]2C(=O)N1c1ccccn1. The van der Waals surface area contributed by atoms with Gasteiger partial charge in [-0.05, 0) is 30.4 Å². The van der Waals surface area contributed by atoms with Gasteiger partial charge in [-0.3, -0.25) is 9.59 Å². The molecular weight excluding hydrogens is 388 g/mol. The van der Waals surface area contributed by atoms with Crippen LogP contribution in [0.25, 0.3) is 0 Å². The number of aromatic nitrogens is 1. The molecule has 4 nitrogen and oxygen atoms in total. The van der Waals surface area contributed by atoms with Crippen LogP contribution in [-0.4, -0.2) is 26.5 Å². The van der Waals surface area contributed by atoms with Crippen molar-refractivity contribution in [3.8, 4) is 0 Å². The first-order valence-corrected chi connectivity index (χ1v) is 8.51. The number of carbonyl (C=O) groups excluding carboxylic acids is 2. The molecule has 20 heavy (non-hydrogen) atoms. The number of rotatable bonds is 1. The molecule has 1 aromatic rings. The molecule has 6 atom stereocenters. The molecule has 0 N–H and O–H groups in total. The maximum atomic E-state index is 12.7. The molecule has 1 aromatic heterocycles. The molecule has 3 aliphatic rings. The molecule has 4 rings (SSSR count). The quantitative estimate of drug-likeness (QED) is 0.538. The summed E-state index contributed by atoms with van der Waals surface area (Å²) in [5, 5.41) is 0. The molecule has 6 heteroatoms. The number of amides is 2. The summed E-state index contributed by atoms with van der Waals surface area (Å²) in [6, 6.07) is 5.30. The van der Waals surface area contributed by atoms with Crippen molar-refractivity contribution in [1.29, 1.82) is 0 Å². The van der Waals surface area contributed by atoms with Crippen LogP contribution < -0.4 is 4.90 Å². The van der Waals surface area contributed by atoms with Crippen LogP contribution in [0.3, 0.4) is 0 Å². The topological polar surface area (TPSA) is 50.3 Å². The van der Waals surface area contributed by atoms with Crippen LogP contribution in [0.5, 0.6) is 0 Å². The number of hydrogen-bond donors (Lipinski definition) is 0. The minimum absolute atomic E-state index is 0.0740. The summed E-state index contributed by atoms with van der Waals surface area (Å²) in [5.41, 5.74) is 0. The van der Waals surface area contributed by atoms with Crippen molar-refractivity contribution < 1.29 is 9.59 Å². The second-order valence-electron chi connectivity index (χ2n) is 5.70. The standard InChI is InChI=1S/C14H12Br2N2O2/c15-11-6-5-7(12(11)16)10-9(6)13(19)18(14(10)20)8-3-1-2-4-17-8/h1-4,6-7,9-12H,5H2/t6-,7-,9-,10+,11+,12+/m1/s1. The number of pyridine rings is 1. The molecule has 2 aliphatic carbocycles. The Morgan fingerprint density at radius 1 is 1.05 bits per heavy atom. The van der Waals surface area contributed by atoms with Gasteiger partial charge in [0.05, 0.1) is 11.8 Å². The number of hydrogen-bond acceptors (Lipinski definition) is 3. The fraction of sp³-hybridized carbons (Fsp3) is 0.500. The third-order valence-corrected chi connectivity index (χ3v) is 8.07. The smallest absolute Gasteiger partial charge is 0.239 e. The van der Waals surface area contributed by atoms with E-state index in [9.17, 15) is 9.59 Å². The number of halogens is 2. The van der Waals surface area contributed by atoms with Crippen molar-refractivity contribution in [2.75, 3.05) is 4.90 Å². The minimum Gasteiger partial charge on any atom is -0.274 e. The van der Waals surface area contributed by atoms with E-state index in [0.717, 1.165) is 6.42 Å². The summed E-state index contributed by atoms with van der Waals surface area (Å²) in [6.07, 6.45) is 2.56. The lowest BCUT2D eigenvalue weighted by atomic mass is 9.81. The summed E-state index contributed by atoms with van der Waals surface area (Å²) in [4.78, 5) is 31.3. The van der Waals surface area contributed by atoms with Crippen molar-refractivity contribution in [2.45, 2.75) is 16.1 Å². The lowest BCUT2D eigenvalue weighted by Crippen LogP contribution is -2.37. The van der Waals surface area contributed by atoms with Gasteiger partial charge in [0.15, 0.2) is 0 Å². The normalized spacial score (nSPS) is 42.4. The molecule has 0 radical (unpaired) electrons. The van der Waals surface area contributed by atoms with E-state index in [1.807, 2.05) is 0 Å². The van der Waals surface area contributed by atoms with E-state index < -0.39 is 0 Å². The highest BCUT2D eigenvalue weighted by Crippen LogP contribution is 2.60. The van der Waals surface area contributed by atoms with Crippen LogP contribution in [0.15, 0.2) is 24.4 Å². The zero-order valence-corrected chi connectivity index (χ0v) is 13.6. The zero-order valence-electron chi connectivity index (χ0n) is 10.4. The van der Waals surface area contributed by atoms with Crippen LogP contribution in [0.2, 0.25) is 0 Å². The van der Waals surface area contributed by atoms with Crippen LogP contribution in [0.1, 0.15) is 6.42 Å². The summed E-state index contributed by atoms with van der Waals surface area (Å²) < 4.78 is 0. The molecule has 2 heterocycles. The number of alkyl halides is 2. The van der Waals surface area contributed by atoms with Gasteiger partial charge in [0, 0.05) is 15.9 Å². The second kappa shape index (κ2) is 4.37. The van der Waals surface area contributed by atoms with Crippen molar-refractivity contribution >= 4 is 49.5 Å². The molecule has 0 aromatic carbocycles. The Kier molecular flexibility index (Phi) is 2.83. The first-order valence-electron chi connectivity index (χ1n) is 6.68. The number of anilines is 1. The summed E-state index contributed by atoms with van der Waals surface area (Å²) in [5.74, 6) is 0.457. The monoisotopic (exact) mass is 398 g/mol. The van der Waals surface area contributed by atoms with Crippen LogP contribution in [0, 0.1) is 23.7 Å². The van der Waals surface area contributed by atoms with Crippen molar-refractivity contribution in [2.24, 2.45) is 23.7 Å². The average molecular weight is 400 g/mol. The Labute approximate surface area is 133 Å². The molecule has 3 fully saturated rings. The fourth-order valence-corrected chi connectivity index (χ4v) is 5.93. The van der Waals surface area contributed by atoms with Crippen LogP contribution in [-0.2, 0) is 9.59 Å². The molecule has 104 valence electrons. The molecule has 0 spiro atoms. The Bertz CT molecular complexity index is 562. The highest BCUT2D eigenvalue weighted by molar-refractivity contribution is 9.12. The highest BCUT2D eigenvalue weighted by Gasteiger charge is 2.66. The van der Waals surface area contributed by atoms with Crippen molar-refractivity contribution in [1.82, 2.24) is 4.98 Å². The van der Waals surface area contributed by atoms with E-state index in [4.69, 9.17) is 0 Å². The van der Waals surface area contributed by atoms with Gasteiger partial charge < -0.3 is 0 Å². The largest absolute Gasteiger partial charge is 0.274 e. The van der Waals surface area contributed by atoms with Gasteiger partial charge in [-0.2, -0.15) is 0 Å². The molecule has 2 amide bonds. The number of carbonyl (C=O) groups is 2. The first kappa shape index (κ1) is 13.0. The minimum atomic E-state index is -0.173. The third kappa shape index (κ3) is 1.49. The van der Waals surface area contributed by atoms with Gasteiger partial charge in [-0.25, -0.2) is 9.88 Å². The molecular formula is C14H12Br2N2O2. The predicted octanol–water partition coefficient (Wildman–Crippen LogP) is 2.36. The van der Waals surface area contributed by atoms with Gasteiger partial charge in [-0.1, -0.05) is 37.9 Å².